The van der Waals surface area contributed by atoms with Crippen molar-refractivity contribution in [3.05, 3.63) is 35.1 Å². The molecule has 0 saturated carbocycles. The molecule has 0 aromatic heterocycles. The number of sulfone groups is 1. The minimum absolute atomic E-state index is 0.183. The normalized spacial score (nSPS) is 11.7. The monoisotopic (exact) mass is 259 g/mol. The Morgan fingerprint density at radius 1 is 1.35 bits per heavy atom. The molecular weight excluding hydrogens is 241 g/mol. The average molecular weight is 259 g/mol. The van der Waals surface area contributed by atoms with Crippen LogP contribution in [-0.4, -0.2) is 27.0 Å². The highest BCUT2D eigenvalue weighted by atomic mass is 32.2. The van der Waals surface area contributed by atoms with Crippen molar-refractivity contribution in [3.63, 3.8) is 0 Å². The number of halogens is 1. The van der Waals surface area contributed by atoms with Crippen LogP contribution in [0.25, 0.3) is 0 Å². The Balaban J connectivity index is 2.29. The molecule has 0 atom stereocenters. The predicted molar refractivity (Wildman–Crippen MR) is 67.2 cm³/mol. The summed E-state index contributed by atoms with van der Waals surface area (Å²) in [5, 5.41) is 3.09. The first kappa shape index (κ1) is 14.1. The zero-order valence-electron chi connectivity index (χ0n) is 10.2. The van der Waals surface area contributed by atoms with Gasteiger partial charge in [0.1, 0.15) is 15.7 Å². The molecule has 0 amide bonds. The molecule has 1 aromatic rings. The number of nitrogens with one attached hydrogen (secondary N) is 1. The highest BCUT2D eigenvalue weighted by molar-refractivity contribution is 7.90. The van der Waals surface area contributed by atoms with Crippen molar-refractivity contribution >= 4 is 9.84 Å². The Morgan fingerprint density at radius 3 is 2.65 bits per heavy atom. The SMILES string of the molecule is Cc1ccc(CNCCCS(C)(=O)=O)cc1F. The first-order chi connectivity index (χ1) is 7.88. The van der Waals surface area contributed by atoms with Gasteiger partial charge in [-0.3, -0.25) is 0 Å². The predicted octanol–water partition coefficient (Wildman–Crippen LogP) is 1.66. The molecule has 5 heteroatoms. The summed E-state index contributed by atoms with van der Waals surface area (Å²) in [4.78, 5) is 0. The van der Waals surface area contributed by atoms with E-state index >= 15 is 0 Å². The third-order valence-corrected chi connectivity index (χ3v) is 3.46. The number of hydrogen-bond acceptors (Lipinski definition) is 3. The fourth-order valence-corrected chi connectivity index (χ4v) is 2.11. The van der Waals surface area contributed by atoms with Gasteiger partial charge in [-0.2, -0.15) is 0 Å². The van der Waals surface area contributed by atoms with Gasteiger partial charge in [-0.15, -0.1) is 0 Å². The van der Waals surface area contributed by atoms with E-state index in [4.69, 9.17) is 0 Å². The Kier molecular flexibility index (Phi) is 5.08. The molecule has 96 valence electrons. The molecule has 0 aliphatic heterocycles. The smallest absolute Gasteiger partial charge is 0.147 e. The number of benzene rings is 1. The van der Waals surface area contributed by atoms with Crippen molar-refractivity contribution in [2.24, 2.45) is 0 Å². The van der Waals surface area contributed by atoms with Crippen molar-refractivity contribution in [2.75, 3.05) is 18.6 Å². The van der Waals surface area contributed by atoms with E-state index in [1.54, 1.807) is 13.0 Å². The summed E-state index contributed by atoms with van der Waals surface area (Å²) < 4.78 is 34.9. The highest BCUT2D eigenvalue weighted by Crippen LogP contribution is 2.08. The Bertz CT molecular complexity index is 471. The maximum absolute atomic E-state index is 13.2. The lowest BCUT2D eigenvalue weighted by Gasteiger charge is -2.05. The van der Waals surface area contributed by atoms with E-state index in [1.807, 2.05) is 6.07 Å². The molecule has 0 fully saturated rings. The van der Waals surface area contributed by atoms with Crippen LogP contribution < -0.4 is 5.32 Å². The second-order valence-corrected chi connectivity index (χ2v) is 6.50. The second-order valence-electron chi connectivity index (χ2n) is 4.24. The van der Waals surface area contributed by atoms with Crippen molar-refractivity contribution in [1.82, 2.24) is 5.32 Å². The standard InChI is InChI=1S/C12H18FNO2S/c1-10-4-5-11(8-12(10)13)9-14-6-3-7-17(2,15)16/h4-5,8,14H,3,6-7,9H2,1-2H3. The van der Waals surface area contributed by atoms with E-state index < -0.39 is 9.84 Å². The van der Waals surface area contributed by atoms with E-state index in [-0.39, 0.29) is 11.6 Å². The lowest BCUT2D eigenvalue weighted by atomic mass is 10.1. The second kappa shape index (κ2) is 6.12. The van der Waals surface area contributed by atoms with Crippen molar-refractivity contribution in [3.8, 4) is 0 Å². The quantitative estimate of drug-likeness (QED) is 0.790. The van der Waals surface area contributed by atoms with Crippen LogP contribution in [0, 0.1) is 12.7 Å². The largest absolute Gasteiger partial charge is 0.313 e. The molecule has 0 saturated heterocycles. The minimum Gasteiger partial charge on any atom is -0.313 e. The highest BCUT2D eigenvalue weighted by Gasteiger charge is 2.02. The molecule has 0 bridgehead atoms. The summed E-state index contributed by atoms with van der Waals surface area (Å²) in [6.45, 7) is 2.89. The lowest BCUT2D eigenvalue weighted by molar-refractivity contribution is 0.593. The fourth-order valence-electron chi connectivity index (χ4n) is 1.44. The topological polar surface area (TPSA) is 46.2 Å². The average Bonchev–Trinajstić information content (AvgIpc) is 2.21. The van der Waals surface area contributed by atoms with Crippen LogP contribution in [0.15, 0.2) is 18.2 Å². The molecule has 1 N–H and O–H groups in total. The first-order valence-electron chi connectivity index (χ1n) is 5.52. The van der Waals surface area contributed by atoms with Crippen LogP contribution in [0.3, 0.4) is 0 Å². The van der Waals surface area contributed by atoms with Crippen LogP contribution >= 0.6 is 0 Å². The fraction of sp³-hybridized carbons (Fsp3) is 0.500. The molecule has 0 spiro atoms. The van der Waals surface area contributed by atoms with E-state index in [9.17, 15) is 12.8 Å². The molecule has 0 aliphatic carbocycles. The van der Waals surface area contributed by atoms with E-state index in [2.05, 4.69) is 5.32 Å². The Morgan fingerprint density at radius 2 is 2.06 bits per heavy atom. The van der Waals surface area contributed by atoms with Crippen molar-refractivity contribution in [1.29, 1.82) is 0 Å². The van der Waals surface area contributed by atoms with Crippen LogP contribution in [0.2, 0.25) is 0 Å². The summed E-state index contributed by atoms with van der Waals surface area (Å²) in [6, 6.07) is 5.10. The number of hydrogen-bond donors (Lipinski definition) is 1. The van der Waals surface area contributed by atoms with E-state index in [1.165, 1.54) is 12.3 Å². The van der Waals surface area contributed by atoms with Gasteiger partial charge in [0.25, 0.3) is 0 Å². The van der Waals surface area contributed by atoms with Gasteiger partial charge in [-0.05, 0) is 37.1 Å². The summed E-state index contributed by atoms with van der Waals surface area (Å²) in [5.74, 6) is -0.0251. The van der Waals surface area contributed by atoms with Gasteiger partial charge < -0.3 is 5.32 Å². The molecular formula is C12H18FNO2S. The van der Waals surface area contributed by atoms with E-state index in [0.717, 1.165) is 5.56 Å². The van der Waals surface area contributed by atoms with E-state index in [0.29, 0.717) is 25.1 Å². The Labute approximate surface area is 102 Å². The van der Waals surface area contributed by atoms with Gasteiger partial charge in [0.2, 0.25) is 0 Å². The minimum atomic E-state index is -2.88. The molecule has 0 unspecified atom stereocenters. The molecule has 1 aromatic carbocycles. The summed E-state index contributed by atoms with van der Waals surface area (Å²) in [7, 11) is -2.88. The summed E-state index contributed by atoms with van der Waals surface area (Å²) in [6.07, 6.45) is 1.80. The molecule has 17 heavy (non-hydrogen) atoms. The van der Waals surface area contributed by atoms with Gasteiger partial charge in [-0.1, -0.05) is 12.1 Å². The van der Waals surface area contributed by atoms with Crippen LogP contribution in [0.4, 0.5) is 4.39 Å². The van der Waals surface area contributed by atoms with Crippen LogP contribution in [-0.2, 0) is 16.4 Å². The van der Waals surface area contributed by atoms with Gasteiger partial charge in [0, 0.05) is 12.8 Å². The maximum atomic E-state index is 13.2. The molecule has 0 radical (unpaired) electrons. The van der Waals surface area contributed by atoms with Gasteiger partial charge in [-0.25, -0.2) is 12.8 Å². The molecule has 0 heterocycles. The molecule has 1 rings (SSSR count). The van der Waals surface area contributed by atoms with Crippen LogP contribution in [0.5, 0.6) is 0 Å². The van der Waals surface area contributed by atoms with Gasteiger partial charge in [0.05, 0.1) is 5.75 Å². The van der Waals surface area contributed by atoms with Crippen LogP contribution in [0.1, 0.15) is 17.5 Å². The number of aryl methyl sites for hydroxylation is 1. The Hall–Kier alpha value is -0.940. The maximum Gasteiger partial charge on any atom is 0.147 e. The van der Waals surface area contributed by atoms with Crippen molar-refractivity contribution in [2.45, 2.75) is 19.9 Å². The zero-order valence-corrected chi connectivity index (χ0v) is 11.0. The third-order valence-electron chi connectivity index (χ3n) is 2.43. The third kappa shape index (κ3) is 5.79. The van der Waals surface area contributed by atoms with Gasteiger partial charge in [0.15, 0.2) is 0 Å². The lowest BCUT2D eigenvalue weighted by Crippen LogP contribution is -2.17. The summed E-state index contributed by atoms with van der Waals surface area (Å²) >= 11 is 0. The van der Waals surface area contributed by atoms with Crippen molar-refractivity contribution < 1.29 is 12.8 Å². The summed E-state index contributed by atoms with van der Waals surface area (Å²) in [5.41, 5.74) is 1.50. The zero-order chi connectivity index (χ0) is 12.9. The number of rotatable bonds is 6. The van der Waals surface area contributed by atoms with Gasteiger partial charge >= 0.3 is 0 Å². The first-order valence-corrected chi connectivity index (χ1v) is 7.58. The molecule has 3 nitrogen and oxygen atoms in total. The molecule has 0 aliphatic rings.